The number of hydrogen-bond acceptors (Lipinski definition) is 5. The van der Waals surface area contributed by atoms with Crippen LogP contribution in [0.15, 0.2) is 12.2 Å². The van der Waals surface area contributed by atoms with Gasteiger partial charge < -0.3 is 14.3 Å². The first-order valence-electron chi connectivity index (χ1n) is 9.83. The quantitative estimate of drug-likeness (QED) is 0.369. The van der Waals surface area contributed by atoms with E-state index in [0.29, 0.717) is 12.8 Å². The Kier molecular flexibility index (Phi) is 8.23. The van der Waals surface area contributed by atoms with Gasteiger partial charge in [0.1, 0.15) is 0 Å². The van der Waals surface area contributed by atoms with E-state index in [2.05, 4.69) is 20.8 Å². The molecule has 6 heteroatoms. The van der Waals surface area contributed by atoms with E-state index >= 15 is 0 Å². The van der Waals surface area contributed by atoms with Crippen molar-refractivity contribution >= 4 is 20.1 Å². The van der Waals surface area contributed by atoms with Crippen molar-refractivity contribution in [3.63, 3.8) is 0 Å². The molecule has 0 heterocycles. The lowest BCUT2D eigenvalue weighted by atomic mass is 9.82. The summed E-state index contributed by atoms with van der Waals surface area (Å²) in [5.41, 5.74) is -2.08. The molecule has 0 saturated heterocycles. The van der Waals surface area contributed by atoms with E-state index in [1.54, 1.807) is 26.8 Å². The topological polar surface area (TPSA) is 72.8 Å². The molecule has 5 nitrogen and oxygen atoms in total. The average Bonchev–Trinajstić information content (AvgIpc) is 2.59. The molecule has 0 radical (unpaired) electrons. The fourth-order valence-electron chi connectivity index (χ4n) is 3.25. The van der Waals surface area contributed by atoms with Crippen molar-refractivity contribution in [1.29, 1.82) is 0 Å². The summed E-state index contributed by atoms with van der Waals surface area (Å²) in [6.45, 7) is 12.0. The summed E-state index contributed by atoms with van der Waals surface area (Å²) >= 11 is 0. The van der Waals surface area contributed by atoms with Crippen LogP contribution in [0.3, 0.4) is 0 Å². The zero-order valence-corrected chi connectivity index (χ0v) is 18.3. The SMILES string of the molecule is CC[Si](CC)(CC)O[C@@H]1CC=CC(=O)[C@]1(O)CCCOC(=O)C(C)(C)C. The zero-order chi connectivity index (χ0) is 20.0. The molecule has 0 unspecified atom stereocenters. The molecule has 26 heavy (non-hydrogen) atoms. The number of ketones is 1. The van der Waals surface area contributed by atoms with Gasteiger partial charge >= 0.3 is 5.97 Å². The molecule has 1 aliphatic carbocycles. The molecular formula is C20H36O5Si. The Labute approximate surface area is 159 Å². The van der Waals surface area contributed by atoms with Crippen LogP contribution in [0.4, 0.5) is 0 Å². The lowest BCUT2D eigenvalue weighted by Crippen LogP contribution is -2.56. The van der Waals surface area contributed by atoms with E-state index in [1.807, 2.05) is 0 Å². The van der Waals surface area contributed by atoms with Gasteiger partial charge in [-0.25, -0.2) is 0 Å². The van der Waals surface area contributed by atoms with E-state index in [0.717, 1.165) is 18.1 Å². The van der Waals surface area contributed by atoms with Gasteiger partial charge in [0.05, 0.1) is 18.1 Å². The third-order valence-electron chi connectivity index (χ3n) is 5.45. The van der Waals surface area contributed by atoms with Crippen molar-refractivity contribution in [1.82, 2.24) is 0 Å². The Morgan fingerprint density at radius 3 is 2.35 bits per heavy atom. The number of esters is 1. The zero-order valence-electron chi connectivity index (χ0n) is 17.3. The van der Waals surface area contributed by atoms with Crippen molar-refractivity contribution in [2.45, 2.75) is 90.6 Å². The summed E-state index contributed by atoms with van der Waals surface area (Å²) in [7, 11) is -1.94. The minimum atomic E-state index is -1.94. The Morgan fingerprint density at radius 1 is 1.27 bits per heavy atom. The van der Waals surface area contributed by atoms with Crippen molar-refractivity contribution < 1.29 is 23.9 Å². The number of aliphatic hydroxyl groups is 1. The molecule has 0 fully saturated rings. The highest BCUT2D eigenvalue weighted by molar-refractivity contribution is 6.73. The highest BCUT2D eigenvalue weighted by atomic mass is 28.4. The third kappa shape index (κ3) is 5.51. The Balaban J connectivity index is 2.78. The molecule has 1 N–H and O–H groups in total. The number of carbonyl (C=O) groups is 2. The normalized spacial score (nSPS) is 24.0. The van der Waals surface area contributed by atoms with Crippen LogP contribution in [0.1, 0.15) is 60.8 Å². The summed E-state index contributed by atoms with van der Waals surface area (Å²) in [6, 6.07) is 2.90. The van der Waals surface area contributed by atoms with Crippen LogP contribution in [0.2, 0.25) is 18.1 Å². The van der Waals surface area contributed by atoms with Crippen LogP contribution in [0.5, 0.6) is 0 Å². The van der Waals surface area contributed by atoms with Crippen molar-refractivity contribution in [3.05, 3.63) is 12.2 Å². The molecule has 0 spiro atoms. The van der Waals surface area contributed by atoms with Crippen molar-refractivity contribution in [2.24, 2.45) is 5.41 Å². The summed E-state index contributed by atoms with van der Waals surface area (Å²) in [5, 5.41) is 11.1. The third-order valence-corrected chi connectivity index (χ3v) is 10.1. The van der Waals surface area contributed by atoms with Gasteiger partial charge in [0.25, 0.3) is 0 Å². The minimum Gasteiger partial charge on any atom is -0.465 e. The lowest BCUT2D eigenvalue weighted by molar-refractivity contribution is -0.154. The van der Waals surface area contributed by atoms with Crippen LogP contribution < -0.4 is 0 Å². The molecule has 0 aromatic heterocycles. The molecule has 0 aromatic carbocycles. The molecule has 0 saturated carbocycles. The van der Waals surface area contributed by atoms with Crippen LogP contribution in [-0.4, -0.2) is 43.5 Å². The standard InChI is InChI=1S/C20H36O5Si/c1-7-26(8-2,9-3)25-17-13-10-12-16(21)20(17,23)14-11-15-24-18(22)19(4,5)6/h10,12,17,23H,7-9,11,13-15H2,1-6H3/t17-,20-/m1/s1. The first kappa shape index (κ1) is 23.1. The minimum absolute atomic E-state index is 0.194. The predicted molar refractivity (Wildman–Crippen MR) is 105 cm³/mol. The largest absolute Gasteiger partial charge is 0.465 e. The van der Waals surface area contributed by atoms with Crippen LogP contribution in [0, 0.1) is 5.41 Å². The highest BCUT2D eigenvalue weighted by Gasteiger charge is 2.47. The van der Waals surface area contributed by atoms with Gasteiger partial charge in [0.2, 0.25) is 0 Å². The average molecular weight is 385 g/mol. The second-order valence-electron chi connectivity index (χ2n) is 8.27. The summed E-state index contributed by atoms with van der Waals surface area (Å²) < 4.78 is 11.7. The Hall–Kier alpha value is -0.983. The summed E-state index contributed by atoms with van der Waals surface area (Å²) in [5.74, 6) is -0.580. The number of carbonyl (C=O) groups excluding carboxylic acids is 2. The van der Waals surface area contributed by atoms with E-state index in [4.69, 9.17) is 9.16 Å². The molecule has 0 bridgehead atoms. The molecule has 1 rings (SSSR count). The second-order valence-corrected chi connectivity index (χ2v) is 13.0. The van der Waals surface area contributed by atoms with E-state index in [1.165, 1.54) is 6.08 Å². The Bertz CT molecular complexity index is 511. The molecule has 0 aliphatic heterocycles. The van der Waals surface area contributed by atoms with Crippen LogP contribution in [-0.2, 0) is 18.8 Å². The predicted octanol–water partition coefficient (Wildman–Crippen LogP) is 4.01. The summed E-state index contributed by atoms with van der Waals surface area (Å²) in [6.07, 6.45) is 3.94. The maximum Gasteiger partial charge on any atom is 0.311 e. The smallest absolute Gasteiger partial charge is 0.311 e. The Morgan fingerprint density at radius 2 is 1.85 bits per heavy atom. The molecule has 150 valence electrons. The fourth-order valence-corrected chi connectivity index (χ4v) is 6.15. The van der Waals surface area contributed by atoms with Gasteiger partial charge in [-0.1, -0.05) is 26.8 Å². The van der Waals surface area contributed by atoms with Gasteiger partial charge in [-0.3, -0.25) is 9.59 Å². The van der Waals surface area contributed by atoms with Gasteiger partial charge in [-0.15, -0.1) is 0 Å². The van der Waals surface area contributed by atoms with Crippen molar-refractivity contribution in [2.75, 3.05) is 6.61 Å². The van der Waals surface area contributed by atoms with E-state index < -0.39 is 25.4 Å². The van der Waals surface area contributed by atoms with Crippen LogP contribution in [0.25, 0.3) is 0 Å². The monoisotopic (exact) mass is 384 g/mol. The van der Waals surface area contributed by atoms with E-state index in [-0.39, 0.29) is 24.8 Å². The van der Waals surface area contributed by atoms with E-state index in [9.17, 15) is 14.7 Å². The maximum atomic E-state index is 12.5. The number of hydrogen-bond donors (Lipinski definition) is 1. The lowest BCUT2D eigenvalue weighted by Gasteiger charge is -2.42. The van der Waals surface area contributed by atoms with Gasteiger partial charge in [0, 0.05) is 0 Å². The highest BCUT2D eigenvalue weighted by Crippen LogP contribution is 2.34. The molecule has 2 atom stereocenters. The summed E-state index contributed by atoms with van der Waals surface area (Å²) in [4.78, 5) is 24.3. The number of ether oxygens (including phenoxy) is 1. The second kappa shape index (κ2) is 9.29. The number of rotatable bonds is 9. The van der Waals surface area contributed by atoms with Crippen LogP contribution >= 0.6 is 0 Å². The molecular weight excluding hydrogens is 348 g/mol. The first-order valence-corrected chi connectivity index (χ1v) is 12.4. The van der Waals surface area contributed by atoms with Gasteiger partial charge in [-0.2, -0.15) is 0 Å². The molecule has 0 aromatic rings. The molecule has 0 amide bonds. The fraction of sp³-hybridized carbons (Fsp3) is 0.800. The maximum absolute atomic E-state index is 12.5. The van der Waals surface area contributed by atoms with Gasteiger partial charge in [0.15, 0.2) is 19.7 Å². The molecule has 1 aliphatic rings. The van der Waals surface area contributed by atoms with Crippen molar-refractivity contribution in [3.8, 4) is 0 Å². The first-order chi connectivity index (χ1) is 12.0. The van der Waals surface area contributed by atoms with Gasteiger partial charge in [-0.05, 0) is 64.2 Å².